The molecule has 0 saturated carbocycles. The molecule has 0 aromatic carbocycles. The van der Waals surface area contributed by atoms with Crippen molar-refractivity contribution in [3.05, 3.63) is 12.2 Å². The number of aliphatic imine (C=N–C) groups is 1. The highest BCUT2D eigenvalue weighted by atomic mass is 16.5. The summed E-state index contributed by atoms with van der Waals surface area (Å²) in [5, 5.41) is 3.15. The van der Waals surface area contributed by atoms with Crippen molar-refractivity contribution in [3.63, 3.8) is 0 Å². The van der Waals surface area contributed by atoms with Crippen molar-refractivity contribution in [2.45, 2.75) is 39.7 Å². The minimum Gasteiger partial charge on any atom is -0.379 e. The van der Waals surface area contributed by atoms with Crippen LogP contribution in [0.5, 0.6) is 0 Å². The molecule has 2 fully saturated rings. The molecule has 1 N–H and O–H groups in total. The fourth-order valence-electron chi connectivity index (χ4n) is 3.25. The molecular weight excluding hydrogens is 278 g/mol. The van der Waals surface area contributed by atoms with Gasteiger partial charge in [-0.1, -0.05) is 26.0 Å². The lowest BCUT2D eigenvalue weighted by Gasteiger charge is -2.43. The molecule has 1 amide bonds. The van der Waals surface area contributed by atoms with Crippen LogP contribution in [0.4, 0.5) is 0 Å². The zero-order chi connectivity index (χ0) is 16.2. The third kappa shape index (κ3) is 4.57. The van der Waals surface area contributed by atoms with Gasteiger partial charge in [0.2, 0.25) is 5.91 Å². The number of likely N-dealkylation sites (tertiary alicyclic amines) is 1. The number of amides is 1. The standard InChI is InChI=1S/C17H29N3O2/c1-13(2)9-18-12-20-7-5-15(17(3,4)11-20)16(21)19-14-6-8-22-10-14/h12,14-15H,1,5-11H2,2-4H3,(H,19,21)/t14-,15-/m1/s1. The lowest BCUT2D eigenvalue weighted by Crippen LogP contribution is -2.52. The van der Waals surface area contributed by atoms with E-state index in [0.29, 0.717) is 13.2 Å². The average molecular weight is 307 g/mol. The first kappa shape index (κ1) is 17.0. The van der Waals surface area contributed by atoms with Gasteiger partial charge < -0.3 is 15.0 Å². The molecule has 2 atom stereocenters. The van der Waals surface area contributed by atoms with E-state index in [1.807, 2.05) is 13.3 Å². The van der Waals surface area contributed by atoms with Gasteiger partial charge in [0.25, 0.3) is 0 Å². The first-order chi connectivity index (χ1) is 10.4. The molecule has 2 rings (SSSR count). The van der Waals surface area contributed by atoms with E-state index in [1.54, 1.807) is 0 Å². The van der Waals surface area contributed by atoms with Gasteiger partial charge in [0.1, 0.15) is 0 Å². The third-order valence-corrected chi connectivity index (χ3v) is 4.46. The maximum Gasteiger partial charge on any atom is 0.224 e. The molecule has 2 saturated heterocycles. The van der Waals surface area contributed by atoms with Crippen LogP contribution in [0.2, 0.25) is 0 Å². The van der Waals surface area contributed by atoms with E-state index in [0.717, 1.165) is 38.1 Å². The summed E-state index contributed by atoms with van der Waals surface area (Å²) >= 11 is 0. The number of hydrogen-bond acceptors (Lipinski definition) is 3. The van der Waals surface area contributed by atoms with Crippen LogP contribution >= 0.6 is 0 Å². The Bertz CT molecular complexity index is 439. The molecule has 0 aromatic rings. The number of ether oxygens (including phenoxy) is 1. The maximum absolute atomic E-state index is 12.5. The Morgan fingerprint density at radius 2 is 2.27 bits per heavy atom. The Kier molecular flexibility index (Phi) is 5.62. The molecule has 0 unspecified atom stereocenters. The van der Waals surface area contributed by atoms with Gasteiger partial charge in [-0.05, 0) is 25.2 Å². The summed E-state index contributed by atoms with van der Waals surface area (Å²) in [4.78, 5) is 19.2. The van der Waals surface area contributed by atoms with Crippen molar-refractivity contribution in [3.8, 4) is 0 Å². The Labute approximate surface area is 133 Å². The van der Waals surface area contributed by atoms with E-state index in [4.69, 9.17) is 4.74 Å². The molecule has 5 heteroatoms. The van der Waals surface area contributed by atoms with E-state index in [9.17, 15) is 4.79 Å². The lowest BCUT2D eigenvalue weighted by molar-refractivity contribution is -0.131. The second-order valence-electron chi connectivity index (χ2n) is 7.28. The molecular formula is C17H29N3O2. The molecule has 22 heavy (non-hydrogen) atoms. The van der Waals surface area contributed by atoms with Gasteiger partial charge in [0.15, 0.2) is 0 Å². The van der Waals surface area contributed by atoms with Gasteiger partial charge in [-0.15, -0.1) is 0 Å². The first-order valence-electron chi connectivity index (χ1n) is 8.15. The minimum atomic E-state index is -0.0585. The normalized spacial score (nSPS) is 28.0. The first-order valence-corrected chi connectivity index (χ1v) is 8.15. The molecule has 2 aliphatic rings. The maximum atomic E-state index is 12.5. The molecule has 0 bridgehead atoms. The van der Waals surface area contributed by atoms with Gasteiger partial charge in [-0.2, -0.15) is 0 Å². The molecule has 0 aromatic heterocycles. The fourth-order valence-corrected chi connectivity index (χ4v) is 3.25. The quantitative estimate of drug-likeness (QED) is 0.479. The van der Waals surface area contributed by atoms with Crippen molar-refractivity contribution < 1.29 is 9.53 Å². The number of carbonyl (C=O) groups is 1. The summed E-state index contributed by atoms with van der Waals surface area (Å²) < 4.78 is 5.33. The van der Waals surface area contributed by atoms with Crippen molar-refractivity contribution in [1.82, 2.24) is 10.2 Å². The lowest BCUT2D eigenvalue weighted by atomic mass is 9.73. The van der Waals surface area contributed by atoms with E-state index in [-0.39, 0.29) is 23.3 Å². The molecule has 2 aliphatic heterocycles. The van der Waals surface area contributed by atoms with Crippen LogP contribution in [0.25, 0.3) is 0 Å². The monoisotopic (exact) mass is 307 g/mol. The van der Waals surface area contributed by atoms with E-state index in [2.05, 4.69) is 35.6 Å². The zero-order valence-corrected chi connectivity index (χ0v) is 14.1. The van der Waals surface area contributed by atoms with Crippen LogP contribution in [-0.4, -0.2) is 56.0 Å². The van der Waals surface area contributed by atoms with Crippen molar-refractivity contribution >= 4 is 12.2 Å². The minimum absolute atomic E-state index is 0.0545. The Balaban J connectivity index is 1.88. The fraction of sp³-hybridized carbons (Fsp3) is 0.765. The summed E-state index contributed by atoms with van der Waals surface area (Å²) in [7, 11) is 0. The van der Waals surface area contributed by atoms with Crippen molar-refractivity contribution in [1.29, 1.82) is 0 Å². The highest BCUT2D eigenvalue weighted by molar-refractivity contribution is 5.80. The summed E-state index contributed by atoms with van der Waals surface area (Å²) in [6, 6.07) is 0.193. The second-order valence-corrected chi connectivity index (χ2v) is 7.28. The second kappa shape index (κ2) is 7.27. The average Bonchev–Trinajstić information content (AvgIpc) is 2.89. The number of nitrogens with zero attached hydrogens (tertiary/aromatic N) is 2. The van der Waals surface area contributed by atoms with Crippen LogP contribution in [-0.2, 0) is 9.53 Å². The van der Waals surface area contributed by atoms with E-state index < -0.39 is 0 Å². The predicted octanol–water partition coefficient (Wildman–Crippen LogP) is 1.84. The van der Waals surface area contributed by atoms with Crippen LogP contribution in [0, 0.1) is 11.3 Å². The molecule has 2 heterocycles. The molecule has 0 spiro atoms. The summed E-state index contributed by atoms with van der Waals surface area (Å²) in [6.07, 6.45) is 3.71. The van der Waals surface area contributed by atoms with E-state index >= 15 is 0 Å². The topological polar surface area (TPSA) is 53.9 Å². The zero-order valence-electron chi connectivity index (χ0n) is 14.1. The largest absolute Gasteiger partial charge is 0.379 e. The van der Waals surface area contributed by atoms with Gasteiger partial charge in [-0.3, -0.25) is 9.79 Å². The van der Waals surface area contributed by atoms with E-state index in [1.165, 1.54) is 0 Å². The number of carbonyl (C=O) groups excluding carboxylic acids is 1. The molecule has 124 valence electrons. The van der Waals surface area contributed by atoms with Crippen LogP contribution in [0.15, 0.2) is 17.1 Å². The van der Waals surface area contributed by atoms with Gasteiger partial charge in [0.05, 0.1) is 25.5 Å². The highest BCUT2D eigenvalue weighted by Crippen LogP contribution is 2.34. The van der Waals surface area contributed by atoms with Gasteiger partial charge >= 0.3 is 0 Å². The summed E-state index contributed by atoms with van der Waals surface area (Å²) in [5.74, 6) is 0.234. The number of rotatable bonds is 5. The number of piperidine rings is 1. The third-order valence-electron chi connectivity index (χ3n) is 4.46. The van der Waals surface area contributed by atoms with Crippen molar-refractivity contribution in [2.24, 2.45) is 16.3 Å². The number of hydrogen-bond donors (Lipinski definition) is 1. The van der Waals surface area contributed by atoms with Crippen LogP contribution < -0.4 is 5.32 Å². The SMILES string of the molecule is C=C(C)CN=CN1CC[C@H](C(=O)N[C@@H]2CCOC2)C(C)(C)C1. The van der Waals surface area contributed by atoms with Crippen LogP contribution in [0.3, 0.4) is 0 Å². The van der Waals surface area contributed by atoms with Gasteiger partial charge in [-0.25, -0.2) is 0 Å². The Hall–Kier alpha value is -1.36. The summed E-state index contributed by atoms with van der Waals surface area (Å²) in [6.45, 7) is 14.0. The van der Waals surface area contributed by atoms with Gasteiger partial charge in [0, 0.05) is 25.6 Å². The highest BCUT2D eigenvalue weighted by Gasteiger charge is 2.40. The predicted molar refractivity (Wildman–Crippen MR) is 89.0 cm³/mol. The van der Waals surface area contributed by atoms with Crippen molar-refractivity contribution in [2.75, 3.05) is 32.8 Å². The smallest absolute Gasteiger partial charge is 0.224 e. The molecule has 5 nitrogen and oxygen atoms in total. The Morgan fingerprint density at radius 1 is 1.50 bits per heavy atom. The Morgan fingerprint density at radius 3 is 2.86 bits per heavy atom. The number of nitrogens with one attached hydrogen (secondary N) is 1. The van der Waals surface area contributed by atoms with Crippen LogP contribution in [0.1, 0.15) is 33.6 Å². The summed E-state index contributed by atoms with van der Waals surface area (Å²) in [5.41, 5.74) is 1.00. The molecule has 0 radical (unpaired) electrons. The molecule has 0 aliphatic carbocycles.